The first-order valence-corrected chi connectivity index (χ1v) is 3.54. The fourth-order valence-electron chi connectivity index (χ4n) is 0.382. The summed E-state index contributed by atoms with van der Waals surface area (Å²) >= 11 is 0. The van der Waals surface area contributed by atoms with E-state index in [4.69, 9.17) is 19.7 Å². The molecule has 0 atom stereocenters. The highest BCUT2D eigenvalue weighted by Gasteiger charge is 1.75. The smallest absolute Gasteiger partial charge is 0.125 e. The summed E-state index contributed by atoms with van der Waals surface area (Å²) in [5.74, 6) is 0. The predicted molar refractivity (Wildman–Crippen MR) is 45.3 cm³/mol. The number of rotatable bonds is 7. The molecule has 0 aliphatic rings. The van der Waals surface area contributed by atoms with Gasteiger partial charge in [0.1, 0.15) is 44.2 Å². The molecule has 0 radical (unpaired) electrons. The van der Waals surface area contributed by atoms with Crippen molar-refractivity contribution in [3.8, 4) is 0 Å². The lowest BCUT2D eigenvalue weighted by molar-refractivity contribution is 0.160. The van der Waals surface area contributed by atoms with E-state index in [1.54, 1.807) is 0 Å². The fraction of sp³-hybridized carbons (Fsp3) is 0.250. The van der Waals surface area contributed by atoms with Gasteiger partial charge < -0.3 is 24.4 Å². The van der Waals surface area contributed by atoms with Crippen LogP contribution in [0.5, 0.6) is 0 Å². The van der Waals surface area contributed by atoms with Crippen molar-refractivity contribution in [2.75, 3.05) is 13.2 Å². The minimum absolute atomic E-state index is 0.0371. The lowest BCUT2D eigenvalue weighted by Crippen LogP contribution is -1.91. The number of hydrogen-bond acceptors (Lipinski definition) is 5. The molecule has 0 saturated carbocycles. The molecule has 0 fully saturated rings. The highest BCUT2D eigenvalue weighted by molar-refractivity contribution is 4.72. The number of aliphatic hydroxyl groups is 2. The van der Waals surface area contributed by atoms with Crippen LogP contribution in [0.3, 0.4) is 0 Å². The van der Waals surface area contributed by atoms with Gasteiger partial charge in [-0.2, -0.15) is 0 Å². The summed E-state index contributed by atoms with van der Waals surface area (Å²) in [6.07, 6.45) is 6.87. The molecule has 0 heterocycles. The van der Waals surface area contributed by atoms with Gasteiger partial charge in [-0.05, 0) is 0 Å². The highest BCUT2D eigenvalue weighted by atomic mass is 16.5. The average Bonchev–Trinajstić information content (AvgIpc) is 2.16. The van der Waals surface area contributed by atoms with Crippen molar-refractivity contribution in [2.45, 2.75) is 0 Å². The minimum Gasteiger partial charge on any atom is -0.512 e. The Kier molecular flexibility index (Phi) is 9.09. The van der Waals surface area contributed by atoms with Crippen molar-refractivity contribution in [2.24, 2.45) is 0 Å². The van der Waals surface area contributed by atoms with E-state index in [1.165, 1.54) is 25.0 Å². The van der Waals surface area contributed by atoms with Crippen molar-refractivity contribution >= 4 is 0 Å². The van der Waals surface area contributed by atoms with Crippen molar-refractivity contribution < 1.29 is 24.4 Å². The SMILES string of the molecule is O/C=C\O/C=C/O/C=C/OCCO. The first-order chi connectivity index (χ1) is 6.41. The fourth-order valence-corrected chi connectivity index (χ4v) is 0.382. The topological polar surface area (TPSA) is 68.2 Å². The van der Waals surface area contributed by atoms with Gasteiger partial charge in [0, 0.05) is 0 Å². The lowest BCUT2D eigenvalue weighted by Gasteiger charge is -1.94. The zero-order valence-electron chi connectivity index (χ0n) is 7.00. The summed E-state index contributed by atoms with van der Waals surface area (Å²) in [6.45, 7) is 0.192. The largest absolute Gasteiger partial charge is 0.512 e. The number of hydrogen-bond donors (Lipinski definition) is 2. The van der Waals surface area contributed by atoms with Crippen LogP contribution in [0.25, 0.3) is 0 Å². The molecule has 0 bridgehead atoms. The Balaban J connectivity index is 3.22. The quantitative estimate of drug-likeness (QED) is 0.460. The lowest BCUT2D eigenvalue weighted by atomic mass is 10.8. The third-order valence-corrected chi connectivity index (χ3v) is 0.792. The molecule has 0 aromatic rings. The normalized spacial score (nSPS) is 11.5. The minimum atomic E-state index is -0.0371. The predicted octanol–water partition coefficient (Wildman–Crippen LogP) is 1.00. The van der Waals surface area contributed by atoms with Crippen molar-refractivity contribution in [3.63, 3.8) is 0 Å². The Morgan fingerprint density at radius 3 is 2.15 bits per heavy atom. The van der Waals surface area contributed by atoms with Crippen molar-refractivity contribution in [3.05, 3.63) is 37.6 Å². The van der Waals surface area contributed by atoms with Gasteiger partial charge in [-0.1, -0.05) is 0 Å². The molecule has 0 unspecified atom stereocenters. The standard InChI is InChI=1S/C8H12O5/c9-1-3-11-5-7-13-8-6-12-4-2-10/h1,3,5-10H,2,4H2/b3-1-,7-5+,8-6+. The Morgan fingerprint density at radius 1 is 0.923 bits per heavy atom. The monoisotopic (exact) mass is 188 g/mol. The van der Waals surface area contributed by atoms with E-state index in [9.17, 15) is 0 Å². The molecule has 0 aliphatic heterocycles. The molecule has 0 spiro atoms. The van der Waals surface area contributed by atoms with E-state index in [0.29, 0.717) is 0 Å². The van der Waals surface area contributed by atoms with E-state index in [2.05, 4.69) is 4.74 Å². The molecule has 0 rings (SSSR count). The van der Waals surface area contributed by atoms with Crippen molar-refractivity contribution in [1.82, 2.24) is 0 Å². The Labute approximate surface area is 76.2 Å². The molecular formula is C8H12O5. The van der Waals surface area contributed by atoms with Gasteiger partial charge >= 0.3 is 0 Å². The third kappa shape index (κ3) is 10.4. The van der Waals surface area contributed by atoms with Gasteiger partial charge in [0.15, 0.2) is 0 Å². The van der Waals surface area contributed by atoms with Crippen LogP contribution in [-0.2, 0) is 14.2 Å². The highest BCUT2D eigenvalue weighted by Crippen LogP contribution is 1.84. The van der Waals surface area contributed by atoms with Crippen LogP contribution >= 0.6 is 0 Å². The van der Waals surface area contributed by atoms with Crippen LogP contribution in [0.2, 0.25) is 0 Å². The average molecular weight is 188 g/mol. The molecule has 0 saturated heterocycles. The summed E-state index contributed by atoms with van der Waals surface area (Å²) in [7, 11) is 0. The van der Waals surface area contributed by atoms with Gasteiger partial charge in [-0.3, -0.25) is 0 Å². The molecule has 0 aromatic carbocycles. The molecule has 5 nitrogen and oxygen atoms in total. The van der Waals surface area contributed by atoms with Gasteiger partial charge in [-0.25, -0.2) is 0 Å². The van der Waals surface area contributed by atoms with Crippen molar-refractivity contribution in [1.29, 1.82) is 0 Å². The zero-order chi connectivity index (χ0) is 9.78. The second kappa shape index (κ2) is 10.4. The zero-order valence-corrected chi connectivity index (χ0v) is 7.00. The second-order valence-corrected chi connectivity index (χ2v) is 1.70. The maximum Gasteiger partial charge on any atom is 0.125 e. The number of ether oxygens (including phenoxy) is 3. The van der Waals surface area contributed by atoms with Crippen LogP contribution in [0, 0.1) is 0 Å². The molecule has 5 heteroatoms. The van der Waals surface area contributed by atoms with Crippen LogP contribution in [0.4, 0.5) is 0 Å². The van der Waals surface area contributed by atoms with Crippen LogP contribution < -0.4 is 0 Å². The third-order valence-electron chi connectivity index (χ3n) is 0.792. The van der Waals surface area contributed by atoms with E-state index in [1.807, 2.05) is 0 Å². The summed E-state index contributed by atoms with van der Waals surface area (Å²) in [6, 6.07) is 0. The Bertz CT molecular complexity index is 173. The van der Waals surface area contributed by atoms with Gasteiger partial charge in [0.25, 0.3) is 0 Å². The molecule has 0 aromatic heterocycles. The van der Waals surface area contributed by atoms with Crippen LogP contribution in [-0.4, -0.2) is 23.4 Å². The Hall–Kier alpha value is -1.62. The summed E-state index contributed by atoms with van der Waals surface area (Å²) in [4.78, 5) is 0. The van der Waals surface area contributed by atoms with Gasteiger partial charge in [0.2, 0.25) is 0 Å². The van der Waals surface area contributed by atoms with E-state index < -0.39 is 0 Å². The molecule has 13 heavy (non-hydrogen) atoms. The molecule has 0 amide bonds. The summed E-state index contributed by atoms with van der Waals surface area (Å²) in [5, 5.41) is 16.4. The number of aliphatic hydroxyl groups excluding tert-OH is 2. The van der Waals surface area contributed by atoms with Gasteiger partial charge in [-0.15, -0.1) is 0 Å². The maximum absolute atomic E-state index is 8.30. The summed E-state index contributed by atoms with van der Waals surface area (Å²) < 4.78 is 14.0. The summed E-state index contributed by atoms with van der Waals surface area (Å²) in [5.41, 5.74) is 0. The molecular weight excluding hydrogens is 176 g/mol. The molecule has 2 N–H and O–H groups in total. The molecule has 0 aliphatic carbocycles. The van der Waals surface area contributed by atoms with E-state index in [0.717, 1.165) is 12.5 Å². The van der Waals surface area contributed by atoms with Crippen LogP contribution in [0.1, 0.15) is 0 Å². The van der Waals surface area contributed by atoms with E-state index in [-0.39, 0.29) is 13.2 Å². The van der Waals surface area contributed by atoms with Gasteiger partial charge in [0.05, 0.1) is 6.61 Å². The Morgan fingerprint density at radius 2 is 1.54 bits per heavy atom. The van der Waals surface area contributed by atoms with Crippen LogP contribution in [0.15, 0.2) is 37.6 Å². The first kappa shape index (κ1) is 11.4. The maximum atomic E-state index is 8.30. The second-order valence-electron chi connectivity index (χ2n) is 1.70. The molecule has 74 valence electrons. The first-order valence-electron chi connectivity index (χ1n) is 3.54. The van der Waals surface area contributed by atoms with E-state index >= 15 is 0 Å².